The predicted molar refractivity (Wildman–Crippen MR) is 51.3 cm³/mol. The normalized spacial score (nSPS) is 12.0. The predicted octanol–water partition coefficient (Wildman–Crippen LogP) is 1.57. The minimum absolute atomic E-state index is 0.169. The highest BCUT2D eigenvalue weighted by Crippen LogP contribution is 2.12. The van der Waals surface area contributed by atoms with Crippen molar-refractivity contribution in [2.75, 3.05) is 0 Å². The van der Waals surface area contributed by atoms with E-state index in [1.54, 1.807) is 32.9 Å². The number of sulfone groups is 1. The van der Waals surface area contributed by atoms with Crippen LogP contribution in [0.15, 0.2) is 23.2 Å². The van der Waals surface area contributed by atoms with Crippen molar-refractivity contribution in [3.05, 3.63) is 23.9 Å². The van der Waals surface area contributed by atoms with E-state index in [1.165, 1.54) is 6.07 Å². The second kappa shape index (κ2) is 3.46. The first-order valence-corrected chi connectivity index (χ1v) is 5.67. The molecule has 0 saturated heterocycles. The van der Waals surface area contributed by atoms with Crippen LogP contribution in [0, 0.1) is 6.92 Å². The molecule has 1 rings (SSSR count). The maximum atomic E-state index is 11.6. The summed E-state index contributed by atoms with van der Waals surface area (Å²) in [6, 6.07) is 5.01. The molecule has 4 heteroatoms. The largest absolute Gasteiger partial charge is 0.242 e. The quantitative estimate of drug-likeness (QED) is 0.726. The van der Waals surface area contributed by atoms with E-state index >= 15 is 0 Å². The third kappa shape index (κ3) is 2.06. The molecule has 1 aromatic heterocycles. The highest BCUT2D eigenvalue weighted by Gasteiger charge is 2.20. The molecule has 0 unspecified atom stereocenters. The topological polar surface area (TPSA) is 47.0 Å². The van der Waals surface area contributed by atoms with Gasteiger partial charge in [0.25, 0.3) is 0 Å². The van der Waals surface area contributed by atoms with Crippen LogP contribution in [0.1, 0.15) is 19.5 Å². The number of hydrogen-bond acceptors (Lipinski definition) is 3. The van der Waals surface area contributed by atoms with Gasteiger partial charge in [0.05, 0.1) is 5.25 Å². The van der Waals surface area contributed by atoms with E-state index in [-0.39, 0.29) is 5.03 Å². The molecule has 0 aromatic carbocycles. The van der Waals surface area contributed by atoms with Crippen molar-refractivity contribution in [3.63, 3.8) is 0 Å². The Morgan fingerprint density at radius 1 is 1.31 bits per heavy atom. The molecule has 0 saturated carbocycles. The third-order valence-corrected chi connectivity index (χ3v) is 3.83. The van der Waals surface area contributed by atoms with Gasteiger partial charge in [-0.1, -0.05) is 6.07 Å². The summed E-state index contributed by atoms with van der Waals surface area (Å²) in [5, 5.41) is -0.246. The van der Waals surface area contributed by atoms with Crippen molar-refractivity contribution in [2.24, 2.45) is 0 Å². The fourth-order valence-electron chi connectivity index (χ4n) is 0.918. The lowest BCUT2D eigenvalue weighted by Gasteiger charge is -2.06. The first kappa shape index (κ1) is 10.2. The zero-order valence-corrected chi connectivity index (χ0v) is 8.80. The Morgan fingerprint density at radius 3 is 2.38 bits per heavy atom. The van der Waals surface area contributed by atoms with Gasteiger partial charge in [0.2, 0.25) is 0 Å². The monoisotopic (exact) mass is 199 g/mol. The molecule has 0 amide bonds. The molecule has 0 fully saturated rings. The number of nitrogens with zero attached hydrogens (tertiary/aromatic N) is 1. The summed E-state index contributed by atoms with van der Waals surface area (Å²) in [5.41, 5.74) is 0.724. The van der Waals surface area contributed by atoms with Gasteiger partial charge in [-0.05, 0) is 32.9 Å². The van der Waals surface area contributed by atoms with Gasteiger partial charge >= 0.3 is 0 Å². The van der Waals surface area contributed by atoms with Gasteiger partial charge < -0.3 is 0 Å². The van der Waals surface area contributed by atoms with Crippen molar-refractivity contribution < 1.29 is 8.42 Å². The van der Waals surface area contributed by atoms with Crippen molar-refractivity contribution in [3.8, 4) is 0 Å². The second-order valence-electron chi connectivity index (χ2n) is 3.21. The maximum Gasteiger partial charge on any atom is 0.197 e. The Morgan fingerprint density at radius 2 is 1.92 bits per heavy atom. The third-order valence-electron chi connectivity index (χ3n) is 1.77. The first-order valence-electron chi connectivity index (χ1n) is 4.12. The number of rotatable bonds is 2. The van der Waals surface area contributed by atoms with Crippen LogP contribution in [-0.2, 0) is 9.84 Å². The molecule has 1 aromatic rings. The van der Waals surface area contributed by atoms with E-state index in [0.717, 1.165) is 5.69 Å². The van der Waals surface area contributed by atoms with Crippen LogP contribution < -0.4 is 0 Å². The Kier molecular flexibility index (Phi) is 2.71. The lowest BCUT2D eigenvalue weighted by Crippen LogP contribution is -2.15. The summed E-state index contributed by atoms with van der Waals surface area (Å²) in [6.07, 6.45) is 0. The summed E-state index contributed by atoms with van der Waals surface area (Å²) in [6.45, 7) is 5.08. The van der Waals surface area contributed by atoms with Crippen LogP contribution in [0.2, 0.25) is 0 Å². The summed E-state index contributed by atoms with van der Waals surface area (Å²) in [4.78, 5) is 3.98. The van der Waals surface area contributed by atoms with E-state index in [2.05, 4.69) is 4.98 Å². The van der Waals surface area contributed by atoms with Crippen molar-refractivity contribution in [1.29, 1.82) is 0 Å². The lowest BCUT2D eigenvalue weighted by atomic mass is 10.4. The van der Waals surface area contributed by atoms with Crippen LogP contribution in [-0.4, -0.2) is 18.7 Å². The van der Waals surface area contributed by atoms with E-state index in [9.17, 15) is 8.42 Å². The fraction of sp³-hybridized carbons (Fsp3) is 0.444. The molecule has 13 heavy (non-hydrogen) atoms. The van der Waals surface area contributed by atoms with Gasteiger partial charge in [-0.15, -0.1) is 0 Å². The van der Waals surface area contributed by atoms with Gasteiger partial charge in [0.15, 0.2) is 14.9 Å². The van der Waals surface area contributed by atoms with E-state index in [1.807, 2.05) is 0 Å². The minimum Gasteiger partial charge on any atom is -0.242 e. The molecule has 0 aliphatic carbocycles. The molecular weight excluding hydrogens is 186 g/mol. The van der Waals surface area contributed by atoms with Crippen molar-refractivity contribution in [2.45, 2.75) is 31.0 Å². The van der Waals surface area contributed by atoms with E-state index in [4.69, 9.17) is 0 Å². The van der Waals surface area contributed by atoms with Gasteiger partial charge in [0, 0.05) is 5.69 Å². The average molecular weight is 199 g/mol. The highest BCUT2D eigenvalue weighted by molar-refractivity contribution is 7.91. The summed E-state index contributed by atoms with van der Waals surface area (Å²) in [7, 11) is -3.21. The zero-order valence-electron chi connectivity index (χ0n) is 7.98. The standard InChI is InChI=1S/C9H13NO2S/c1-7(2)13(11,12)9-6-4-5-8(3)10-9/h4-7H,1-3H3. The Labute approximate surface area is 78.7 Å². The lowest BCUT2D eigenvalue weighted by molar-refractivity contribution is 0.583. The molecule has 0 aliphatic rings. The number of pyridine rings is 1. The van der Waals surface area contributed by atoms with Gasteiger partial charge in [0.1, 0.15) is 0 Å². The average Bonchev–Trinajstić information content (AvgIpc) is 2.04. The Bertz CT molecular complexity index is 396. The minimum atomic E-state index is -3.21. The number of aryl methyl sites for hydroxylation is 1. The van der Waals surface area contributed by atoms with Crippen LogP contribution in [0.25, 0.3) is 0 Å². The molecule has 0 radical (unpaired) electrons. The van der Waals surface area contributed by atoms with Gasteiger partial charge in [-0.25, -0.2) is 13.4 Å². The molecule has 0 spiro atoms. The van der Waals surface area contributed by atoms with E-state index in [0.29, 0.717) is 0 Å². The van der Waals surface area contributed by atoms with Crippen molar-refractivity contribution in [1.82, 2.24) is 4.98 Å². The van der Waals surface area contributed by atoms with Crippen LogP contribution in [0.3, 0.4) is 0 Å². The number of hydrogen-bond donors (Lipinski definition) is 0. The molecule has 0 N–H and O–H groups in total. The molecule has 72 valence electrons. The Hall–Kier alpha value is -0.900. The fourth-order valence-corrected chi connectivity index (χ4v) is 1.94. The molecule has 0 bridgehead atoms. The molecule has 3 nitrogen and oxygen atoms in total. The smallest absolute Gasteiger partial charge is 0.197 e. The highest BCUT2D eigenvalue weighted by atomic mass is 32.2. The Balaban J connectivity index is 3.24. The molecular formula is C9H13NO2S. The van der Waals surface area contributed by atoms with Crippen LogP contribution in [0.4, 0.5) is 0 Å². The summed E-state index contributed by atoms with van der Waals surface area (Å²) in [5.74, 6) is 0. The van der Waals surface area contributed by atoms with Crippen LogP contribution >= 0.6 is 0 Å². The molecule has 0 aliphatic heterocycles. The van der Waals surface area contributed by atoms with Gasteiger partial charge in [-0.3, -0.25) is 0 Å². The molecule has 1 heterocycles. The van der Waals surface area contributed by atoms with E-state index < -0.39 is 15.1 Å². The van der Waals surface area contributed by atoms with Gasteiger partial charge in [-0.2, -0.15) is 0 Å². The maximum absolute atomic E-state index is 11.6. The van der Waals surface area contributed by atoms with Crippen LogP contribution in [0.5, 0.6) is 0 Å². The number of aromatic nitrogens is 1. The summed E-state index contributed by atoms with van der Waals surface area (Å²) >= 11 is 0. The van der Waals surface area contributed by atoms with Crippen molar-refractivity contribution >= 4 is 9.84 Å². The zero-order chi connectivity index (χ0) is 10.1. The SMILES string of the molecule is Cc1cccc(S(=O)(=O)C(C)C)n1. The molecule has 0 atom stereocenters. The first-order chi connectivity index (χ1) is 5.94. The second-order valence-corrected chi connectivity index (χ2v) is 5.66. The summed E-state index contributed by atoms with van der Waals surface area (Å²) < 4.78 is 23.2.